The Labute approximate surface area is 127 Å². The highest BCUT2D eigenvalue weighted by molar-refractivity contribution is 7.12. The minimum Gasteiger partial charge on any atom is -0.345 e. The summed E-state index contributed by atoms with van der Waals surface area (Å²) in [5, 5.41) is 5.00. The number of rotatable bonds is 4. The van der Waals surface area contributed by atoms with E-state index in [0.717, 1.165) is 16.1 Å². The van der Waals surface area contributed by atoms with Crippen LogP contribution in [-0.2, 0) is 0 Å². The summed E-state index contributed by atoms with van der Waals surface area (Å²) in [7, 11) is 0. The van der Waals surface area contributed by atoms with Gasteiger partial charge in [-0.15, -0.1) is 11.3 Å². The number of amides is 1. The van der Waals surface area contributed by atoms with Crippen LogP contribution in [0.2, 0.25) is 0 Å². The fourth-order valence-electron chi connectivity index (χ4n) is 2.26. The molecule has 0 fully saturated rings. The molecule has 2 aromatic heterocycles. The number of carbonyl (C=O) groups excluding carboxylic acids is 1. The van der Waals surface area contributed by atoms with Gasteiger partial charge in [0.1, 0.15) is 4.88 Å². The summed E-state index contributed by atoms with van der Waals surface area (Å²) < 4.78 is 1.96. The molecule has 0 aliphatic carbocycles. The van der Waals surface area contributed by atoms with Crippen molar-refractivity contribution in [2.75, 3.05) is 0 Å². The molecular weight excluding hydrogens is 280 g/mol. The smallest absolute Gasteiger partial charge is 0.263 e. The van der Waals surface area contributed by atoms with Gasteiger partial charge in [0.2, 0.25) is 0 Å². The van der Waals surface area contributed by atoms with Crippen LogP contribution in [0.5, 0.6) is 0 Å². The molecule has 2 heterocycles. The van der Waals surface area contributed by atoms with E-state index in [1.165, 1.54) is 11.3 Å². The maximum absolute atomic E-state index is 12.5. The first-order valence-corrected chi connectivity index (χ1v) is 7.70. The number of aromatic nitrogens is 1. The molecular formula is C17H16N2OS. The third kappa shape index (κ3) is 2.90. The second-order valence-corrected chi connectivity index (χ2v) is 5.75. The van der Waals surface area contributed by atoms with Gasteiger partial charge >= 0.3 is 0 Å². The zero-order chi connectivity index (χ0) is 14.7. The average Bonchev–Trinajstić information content (AvgIpc) is 3.18. The Morgan fingerprint density at radius 1 is 1.10 bits per heavy atom. The third-order valence-corrected chi connectivity index (χ3v) is 4.28. The van der Waals surface area contributed by atoms with E-state index in [0.29, 0.717) is 0 Å². The second-order valence-electron chi connectivity index (χ2n) is 4.83. The Hall–Kier alpha value is -2.33. The van der Waals surface area contributed by atoms with Crippen LogP contribution in [0.3, 0.4) is 0 Å². The molecule has 4 heteroatoms. The molecule has 0 aliphatic heterocycles. The highest BCUT2D eigenvalue weighted by atomic mass is 32.1. The Bertz CT molecular complexity index is 716. The molecule has 21 heavy (non-hydrogen) atoms. The van der Waals surface area contributed by atoms with Crippen molar-refractivity contribution in [2.24, 2.45) is 0 Å². The van der Waals surface area contributed by atoms with E-state index in [4.69, 9.17) is 0 Å². The molecule has 0 unspecified atom stereocenters. The van der Waals surface area contributed by atoms with Crippen LogP contribution < -0.4 is 5.32 Å². The lowest BCUT2D eigenvalue weighted by Crippen LogP contribution is -2.26. The number of thiophene rings is 1. The number of carbonyl (C=O) groups is 1. The first kappa shape index (κ1) is 13.6. The minimum absolute atomic E-state index is 0.0155. The number of nitrogens with one attached hydrogen (secondary N) is 1. The van der Waals surface area contributed by atoms with Crippen LogP contribution in [0.4, 0.5) is 0 Å². The average molecular weight is 296 g/mol. The van der Waals surface area contributed by atoms with E-state index >= 15 is 0 Å². The molecule has 0 saturated heterocycles. The van der Waals surface area contributed by atoms with E-state index < -0.39 is 0 Å². The first-order valence-electron chi connectivity index (χ1n) is 6.82. The quantitative estimate of drug-likeness (QED) is 0.775. The fourth-order valence-corrected chi connectivity index (χ4v) is 3.05. The molecule has 0 bridgehead atoms. The lowest BCUT2D eigenvalue weighted by Gasteiger charge is -2.14. The Morgan fingerprint density at radius 3 is 2.52 bits per heavy atom. The summed E-state index contributed by atoms with van der Waals surface area (Å²) in [6.45, 7) is 2.00. The SMILES string of the molecule is C[C@@H](NC(=O)c1sccc1-n1cccc1)c1ccccc1. The van der Waals surface area contributed by atoms with Gasteiger partial charge in [0.15, 0.2) is 0 Å². The molecule has 1 aromatic carbocycles. The highest BCUT2D eigenvalue weighted by Gasteiger charge is 2.16. The molecule has 0 saturated carbocycles. The molecule has 3 aromatic rings. The summed E-state index contributed by atoms with van der Waals surface area (Å²) in [5.41, 5.74) is 2.02. The highest BCUT2D eigenvalue weighted by Crippen LogP contribution is 2.22. The van der Waals surface area contributed by atoms with Gasteiger partial charge in [-0.05, 0) is 36.1 Å². The van der Waals surface area contributed by atoms with Crippen LogP contribution >= 0.6 is 11.3 Å². The first-order chi connectivity index (χ1) is 10.3. The van der Waals surface area contributed by atoms with Gasteiger partial charge in [-0.3, -0.25) is 4.79 Å². The number of benzene rings is 1. The van der Waals surface area contributed by atoms with Crippen LogP contribution in [0, 0.1) is 0 Å². The molecule has 0 aliphatic rings. The molecule has 106 valence electrons. The normalized spacial score (nSPS) is 12.0. The minimum atomic E-state index is -0.0370. The number of nitrogens with zero attached hydrogens (tertiary/aromatic N) is 1. The zero-order valence-corrected chi connectivity index (χ0v) is 12.5. The largest absolute Gasteiger partial charge is 0.345 e. The van der Waals surface area contributed by atoms with Crippen LogP contribution in [0.1, 0.15) is 28.2 Å². The number of hydrogen-bond acceptors (Lipinski definition) is 2. The van der Waals surface area contributed by atoms with Gasteiger partial charge in [0.25, 0.3) is 5.91 Å². The summed E-state index contributed by atoms with van der Waals surface area (Å²) in [6, 6.07) is 15.8. The molecule has 3 rings (SSSR count). The van der Waals surface area contributed by atoms with Gasteiger partial charge < -0.3 is 9.88 Å². The topological polar surface area (TPSA) is 34.0 Å². The monoisotopic (exact) mass is 296 g/mol. The van der Waals surface area contributed by atoms with Crippen molar-refractivity contribution in [3.05, 3.63) is 76.7 Å². The van der Waals surface area contributed by atoms with Crippen molar-refractivity contribution in [1.82, 2.24) is 9.88 Å². The van der Waals surface area contributed by atoms with Gasteiger partial charge in [-0.25, -0.2) is 0 Å². The lowest BCUT2D eigenvalue weighted by atomic mass is 10.1. The van der Waals surface area contributed by atoms with Crippen molar-refractivity contribution in [2.45, 2.75) is 13.0 Å². The fraction of sp³-hybridized carbons (Fsp3) is 0.118. The Kier molecular flexibility index (Phi) is 3.88. The van der Waals surface area contributed by atoms with Gasteiger partial charge in [0, 0.05) is 12.4 Å². The predicted octanol–water partition coefficient (Wildman–Crippen LogP) is 4.03. The second kappa shape index (κ2) is 5.97. The summed E-state index contributed by atoms with van der Waals surface area (Å²) in [6.07, 6.45) is 3.89. The molecule has 0 radical (unpaired) electrons. The van der Waals surface area contributed by atoms with E-state index in [9.17, 15) is 4.79 Å². The van der Waals surface area contributed by atoms with E-state index in [1.54, 1.807) is 0 Å². The molecule has 1 amide bonds. The van der Waals surface area contributed by atoms with Gasteiger partial charge in [-0.1, -0.05) is 30.3 Å². The zero-order valence-electron chi connectivity index (χ0n) is 11.7. The van der Waals surface area contributed by atoms with Crippen molar-refractivity contribution in [1.29, 1.82) is 0 Å². The molecule has 1 N–H and O–H groups in total. The predicted molar refractivity (Wildman–Crippen MR) is 86.0 cm³/mol. The third-order valence-electron chi connectivity index (χ3n) is 3.38. The number of hydrogen-bond donors (Lipinski definition) is 1. The van der Waals surface area contributed by atoms with Crippen LogP contribution in [-0.4, -0.2) is 10.5 Å². The van der Waals surface area contributed by atoms with Crippen LogP contribution in [0.15, 0.2) is 66.3 Å². The van der Waals surface area contributed by atoms with Crippen molar-refractivity contribution in [3.63, 3.8) is 0 Å². The van der Waals surface area contributed by atoms with Gasteiger partial charge in [-0.2, -0.15) is 0 Å². The van der Waals surface area contributed by atoms with E-state index in [-0.39, 0.29) is 11.9 Å². The maximum atomic E-state index is 12.5. The summed E-state index contributed by atoms with van der Waals surface area (Å²) in [4.78, 5) is 13.2. The standard InChI is InChI=1S/C17H16N2OS/c1-13(14-7-3-2-4-8-14)18-17(20)16-15(9-12-21-16)19-10-5-6-11-19/h2-13H,1H3,(H,18,20)/t13-/m1/s1. The van der Waals surface area contributed by atoms with Crippen molar-refractivity contribution >= 4 is 17.2 Å². The molecule has 3 nitrogen and oxygen atoms in total. The van der Waals surface area contributed by atoms with Crippen molar-refractivity contribution in [3.8, 4) is 5.69 Å². The molecule has 0 spiro atoms. The molecule has 1 atom stereocenters. The van der Waals surface area contributed by atoms with Crippen LogP contribution in [0.25, 0.3) is 5.69 Å². The van der Waals surface area contributed by atoms with E-state index in [1.807, 2.05) is 77.8 Å². The van der Waals surface area contributed by atoms with E-state index in [2.05, 4.69) is 5.32 Å². The summed E-state index contributed by atoms with van der Waals surface area (Å²) >= 11 is 1.46. The Morgan fingerprint density at radius 2 is 1.81 bits per heavy atom. The van der Waals surface area contributed by atoms with Gasteiger partial charge in [0.05, 0.1) is 11.7 Å². The Balaban J connectivity index is 1.79. The lowest BCUT2D eigenvalue weighted by molar-refractivity contribution is 0.0944. The summed E-state index contributed by atoms with van der Waals surface area (Å²) in [5.74, 6) is -0.0370. The maximum Gasteiger partial charge on any atom is 0.263 e. The van der Waals surface area contributed by atoms with Crippen molar-refractivity contribution < 1.29 is 4.79 Å².